The molecule has 1 aromatic rings. The van der Waals surface area contributed by atoms with Gasteiger partial charge in [0.2, 0.25) is 5.91 Å². The Morgan fingerprint density at radius 1 is 1.18 bits per heavy atom. The van der Waals surface area contributed by atoms with Gasteiger partial charge in [-0.2, -0.15) is 0 Å². The Morgan fingerprint density at radius 2 is 1.95 bits per heavy atom. The molecule has 0 aromatic heterocycles. The molecule has 1 saturated heterocycles. The van der Waals surface area contributed by atoms with Crippen LogP contribution in [0.15, 0.2) is 30.3 Å². The van der Waals surface area contributed by atoms with E-state index in [4.69, 9.17) is 11.5 Å². The van der Waals surface area contributed by atoms with E-state index in [-0.39, 0.29) is 12.0 Å². The van der Waals surface area contributed by atoms with E-state index in [1.165, 1.54) is 5.56 Å². The maximum absolute atomic E-state index is 12.8. The van der Waals surface area contributed by atoms with E-state index in [9.17, 15) is 4.79 Å². The number of rotatable bonds is 3. The molecule has 1 saturated carbocycles. The number of amides is 1. The molecule has 1 amide bonds. The van der Waals surface area contributed by atoms with E-state index in [1.54, 1.807) is 0 Å². The fraction of sp³-hybridized carbons (Fsp3) is 0.611. The minimum Gasteiger partial charge on any atom is -0.341 e. The molecule has 0 bridgehead atoms. The van der Waals surface area contributed by atoms with E-state index in [0.717, 1.165) is 38.8 Å². The van der Waals surface area contributed by atoms with Crippen molar-refractivity contribution in [1.29, 1.82) is 0 Å². The van der Waals surface area contributed by atoms with E-state index in [1.807, 2.05) is 11.0 Å². The minimum absolute atomic E-state index is 0.122. The fourth-order valence-electron chi connectivity index (χ4n) is 4.08. The molecule has 0 radical (unpaired) electrons. The van der Waals surface area contributed by atoms with Gasteiger partial charge in [0.15, 0.2) is 0 Å². The maximum atomic E-state index is 12.8. The Labute approximate surface area is 132 Å². The van der Waals surface area contributed by atoms with Crippen LogP contribution < -0.4 is 11.5 Å². The monoisotopic (exact) mass is 301 g/mol. The number of carbonyl (C=O) groups excluding carboxylic acids is 1. The summed E-state index contributed by atoms with van der Waals surface area (Å²) in [5.74, 6) is 1.15. The van der Waals surface area contributed by atoms with Gasteiger partial charge in [-0.3, -0.25) is 4.79 Å². The van der Waals surface area contributed by atoms with Gasteiger partial charge in [-0.05, 0) is 37.3 Å². The standard InChI is InChI=1S/C18H27N3O/c19-10-15-11-21(12-17(15)13-5-2-1-3-6-13)18(22)14-7-4-8-16(20)9-14/h1-3,5-6,14-17H,4,7-12,19-20H2/t14?,15-,16?,17+/m1/s1. The highest BCUT2D eigenvalue weighted by atomic mass is 16.2. The van der Waals surface area contributed by atoms with Crippen LogP contribution in [0.5, 0.6) is 0 Å². The predicted molar refractivity (Wildman–Crippen MR) is 88.2 cm³/mol. The molecule has 2 unspecified atom stereocenters. The zero-order valence-electron chi connectivity index (χ0n) is 13.2. The first-order chi connectivity index (χ1) is 10.7. The molecule has 4 nitrogen and oxygen atoms in total. The second kappa shape index (κ2) is 6.80. The van der Waals surface area contributed by atoms with Gasteiger partial charge in [0.05, 0.1) is 0 Å². The Balaban J connectivity index is 1.70. The highest BCUT2D eigenvalue weighted by Crippen LogP contribution is 2.34. The van der Waals surface area contributed by atoms with Crippen molar-refractivity contribution in [2.75, 3.05) is 19.6 Å². The molecule has 4 N–H and O–H groups in total. The molecule has 1 aromatic carbocycles. The SMILES string of the molecule is NC[C@@H]1CN(C(=O)C2CCCC(N)C2)C[C@H]1c1ccccc1. The largest absolute Gasteiger partial charge is 0.341 e. The van der Waals surface area contributed by atoms with Crippen molar-refractivity contribution in [1.82, 2.24) is 4.90 Å². The number of likely N-dealkylation sites (tertiary alicyclic amines) is 1. The van der Waals surface area contributed by atoms with E-state index in [2.05, 4.69) is 24.3 Å². The Morgan fingerprint density at radius 3 is 2.64 bits per heavy atom. The molecule has 1 heterocycles. The Kier molecular flexibility index (Phi) is 4.79. The lowest BCUT2D eigenvalue weighted by atomic mass is 9.85. The summed E-state index contributed by atoms with van der Waals surface area (Å²) in [4.78, 5) is 14.9. The molecular formula is C18H27N3O. The summed E-state index contributed by atoms with van der Waals surface area (Å²) in [5.41, 5.74) is 13.3. The average molecular weight is 301 g/mol. The summed E-state index contributed by atoms with van der Waals surface area (Å²) in [5, 5.41) is 0. The molecule has 1 aliphatic heterocycles. The van der Waals surface area contributed by atoms with Gasteiger partial charge in [0.25, 0.3) is 0 Å². The molecule has 0 spiro atoms. The lowest BCUT2D eigenvalue weighted by Crippen LogP contribution is -2.40. The quantitative estimate of drug-likeness (QED) is 0.892. The minimum atomic E-state index is 0.122. The van der Waals surface area contributed by atoms with E-state index >= 15 is 0 Å². The van der Waals surface area contributed by atoms with Gasteiger partial charge in [-0.1, -0.05) is 36.8 Å². The highest BCUT2D eigenvalue weighted by molar-refractivity contribution is 5.79. The van der Waals surface area contributed by atoms with Crippen LogP contribution in [0, 0.1) is 11.8 Å². The van der Waals surface area contributed by atoms with Crippen LogP contribution >= 0.6 is 0 Å². The van der Waals surface area contributed by atoms with Gasteiger partial charge < -0.3 is 16.4 Å². The molecule has 3 rings (SSSR count). The van der Waals surface area contributed by atoms with E-state index in [0.29, 0.717) is 24.3 Å². The zero-order valence-corrected chi connectivity index (χ0v) is 13.2. The van der Waals surface area contributed by atoms with E-state index < -0.39 is 0 Å². The first kappa shape index (κ1) is 15.5. The molecule has 4 atom stereocenters. The van der Waals surface area contributed by atoms with Crippen LogP contribution in [0.1, 0.15) is 37.2 Å². The van der Waals surface area contributed by atoms with Crippen LogP contribution in [-0.2, 0) is 4.79 Å². The second-order valence-electron chi connectivity index (χ2n) is 6.88. The van der Waals surface area contributed by atoms with Gasteiger partial charge in [0, 0.05) is 31.0 Å². The number of hydrogen-bond donors (Lipinski definition) is 2. The first-order valence-electron chi connectivity index (χ1n) is 8.48. The number of carbonyl (C=O) groups is 1. The normalized spacial score (nSPS) is 32.2. The van der Waals surface area contributed by atoms with Crippen LogP contribution in [0.2, 0.25) is 0 Å². The Hall–Kier alpha value is -1.39. The summed E-state index contributed by atoms with van der Waals surface area (Å²) in [6.07, 6.45) is 3.97. The molecule has 1 aliphatic carbocycles. The molecular weight excluding hydrogens is 274 g/mol. The third-order valence-electron chi connectivity index (χ3n) is 5.35. The van der Waals surface area contributed by atoms with Gasteiger partial charge in [0.1, 0.15) is 0 Å². The van der Waals surface area contributed by atoms with Crippen molar-refractivity contribution in [3.05, 3.63) is 35.9 Å². The lowest BCUT2D eigenvalue weighted by molar-refractivity contribution is -0.135. The van der Waals surface area contributed by atoms with Crippen LogP contribution in [0.3, 0.4) is 0 Å². The van der Waals surface area contributed by atoms with Gasteiger partial charge in [-0.25, -0.2) is 0 Å². The number of benzene rings is 1. The third kappa shape index (κ3) is 3.18. The Bertz CT molecular complexity index is 504. The summed E-state index contributed by atoms with van der Waals surface area (Å²) >= 11 is 0. The highest BCUT2D eigenvalue weighted by Gasteiger charge is 2.38. The van der Waals surface area contributed by atoms with Crippen molar-refractivity contribution < 1.29 is 4.79 Å². The second-order valence-corrected chi connectivity index (χ2v) is 6.88. The van der Waals surface area contributed by atoms with Crippen molar-refractivity contribution >= 4 is 5.91 Å². The molecule has 2 fully saturated rings. The lowest BCUT2D eigenvalue weighted by Gasteiger charge is -2.29. The summed E-state index contributed by atoms with van der Waals surface area (Å²) in [7, 11) is 0. The number of nitrogens with two attached hydrogens (primary N) is 2. The van der Waals surface area contributed by atoms with Crippen LogP contribution in [-0.4, -0.2) is 36.5 Å². The first-order valence-corrected chi connectivity index (χ1v) is 8.48. The summed E-state index contributed by atoms with van der Waals surface area (Å²) < 4.78 is 0. The summed E-state index contributed by atoms with van der Waals surface area (Å²) in [6.45, 7) is 2.23. The van der Waals surface area contributed by atoms with Gasteiger partial charge >= 0.3 is 0 Å². The van der Waals surface area contributed by atoms with Gasteiger partial charge in [-0.15, -0.1) is 0 Å². The van der Waals surface area contributed by atoms with Crippen LogP contribution in [0.25, 0.3) is 0 Å². The number of nitrogens with zero attached hydrogens (tertiary/aromatic N) is 1. The maximum Gasteiger partial charge on any atom is 0.225 e. The van der Waals surface area contributed by atoms with Crippen molar-refractivity contribution in [2.45, 2.75) is 37.6 Å². The van der Waals surface area contributed by atoms with Crippen LogP contribution in [0.4, 0.5) is 0 Å². The molecule has 2 aliphatic rings. The molecule has 22 heavy (non-hydrogen) atoms. The van der Waals surface area contributed by atoms with Crippen molar-refractivity contribution in [2.24, 2.45) is 23.3 Å². The predicted octanol–water partition coefficient (Wildman–Crippen LogP) is 1.70. The van der Waals surface area contributed by atoms with Crippen molar-refractivity contribution in [3.8, 4) is 0 Å². The average Bonchev–Trinajstić information content (AvgIpc) is 2.99. The van der Waals surface area contributed by atoms with Crippen molar-refractivity contribution in [3.63, 3.8) is 0 Å². The smallest absolute Gasteiger partial charge is 0.225 e. The summed E-state index contributed by atoms with van der Waals surface area (Å²) in [6, 6.07) is 10.7. The molecule has 120 valence electrons. The fourth-order valence-corrected chi connectivity index (χ4v) is 4.08. The number of hydrogen-bond acceptors (Lipinski definition) is 3. The third-order valence-corrected chi connectivity index (χ3v) is 5.35. The zero-order chi connectivity index (χ0) is 15.5. The topological polar surface area (TPSA) is 72.3 Å². The molecule has 4 heteroatoms.